The SMILES string of the molecule is C=CC=[N+](C)/C=C\C(C)C. The maximum absolute atomic E-state index is 3.60. The monoisotopic (exact) mass is 138 g/mol. The van der Waals surface area contributed by atoms with Crippen molar-refractivity contribution >= 4 is 6.21 Å². The van der Waals surface area contributed by atoms with Gasteiger partial charge >= 0.3 is 0 Å². The standard InChI is InChI=1S/C9H16N/c1-5-7-10(4)8-6-9(2)3/h5-9H,1H2,2-4H3/q+1/b8-6-,10-7?. The maximum Gasteiger partial charge on any atom is 0.167 e. The zero-order valence-electron chi connectivity index (χ0n) is 7.04. The first-order chi connectivity index (χ1) is 4.66. The summed E-state index contributed by atoms with van der Waals surface area (Å²) in [7, 11) is 1.99. The Labute approximate surface area is 63.4 Å². The number of rotatable bonds is 3. The molecule has 10 heavy (non-hydrogen) atoms. The van der Waals surface area contributed by atoms with Crippen LogP contribution in [0.3, 0.4) is 0 Å². The second-order valence-corrected chi connectivity index (χ2v) is 2.64. The van der Waals surface area contributed by atoms with E-state index in [0.29, 0.717) is 5.92 Å². The Morgan fingerprint density at radius 2 is 2.00 bits per heavy atom. The smallest absolute Gasteiger partial charge is 0.167 e. The van der Waals surface area contributed by atoms with Crippen LogP contribution in [0.1, 0.15) is 13.8 Å². The van der Waals surface area contributed by atoms with Gasteiger partial charge in [-0.2, -0.15) is 0 Å². The lowest BCUT2D eigenvalue weighted by molar-refractivity contribution is -0.416. The van der Waals surface area contributed by atoms with Crippen molar-refractivity contribution in [2.45, 2.75) is 13.8 Å². The lowest BCUT2D eigenvalue weighted by Crippen LogP contribution is -1.95. The van der Waals surface area contributed by atoms with Gasteiger partial charge < -0.3 is 0 Å². The van der Waals surface area contributed by atoms with E-state index in [1.807, 2.05) is 24.0 Å². The lowest BCUT2D eigenvalue weighted by Gasteiger charge is -1.89. The van der Waals surface area contributed by atoms with Crippen molar-refractivity contribution in [3.05, 3.63) is 24.9 Å². The van der Waals surface area contributed by atoms with Crippen LogP contribution in [0.25, 0.3) is 0 Å². The molecule has 0 saturated heterocycles. The second-order valence-electron chi connectivity index (χ2n) is 2.64. The number of hydrogen-bond acceptors (Lipinski definition) is 0. The zero-order chi connectivity index (χ0) is 7.98. The first-order valence-electron chi connectivity index (χ1n) is 3.53. The molecule has 0 aromatic rings. The Hall–Kier alpha value is -0.850. The van der Waals surface area contributed by atoms with Gasteiger partial charge in [-0.15, -0.1) is 0 Å². The summed E-state index contributed by atoms with van der Waals surface area (Å²) < 4.78 is 1.98. The first-order valence-corrected chi connectivity index (χ1v) is 3.53. The Morgan fingerprint density at radius 3 is 2.40 bits per heavy atom. The third-order valence-corrected chi connectivity index (χ3v) is 1.05. The average Bonchev–Trinajstić information content (AvgIpc) is 1.85. The molecule has 0 atom stereocenters. The van der Waals surface area contributed by atoms with E-state index < -0.39 is 0 Å². The molecule has 0 N–H and O–H groups in total. The van der Waals surface area contributed by atoms with E-state index in [4.69, 9.17) is 0 Å². The fourth-order valence-corrected chi connectivity index (χ4v) is 0.524. The minimum absolute atomic E-state index is 0.612. The van der Waals surface area contributed by atoms with E-state index in [1.165, 1.54) is 0 Å². The van der Waals surface area contributed by atoms with E-state index >= 15 is 0 Å². The summed E-state index contributed by atoms with van der Waals surface area (Å²) >= 11 is 0. The molecule has 1 nitrogen and oxygen atoms in total. The fraction of sp³-hybridized carbons (Fsp3) is 0.444. The Morgan fingerprint density at radius 1 is 1.40 bits per heavy atom. The molecular weight excluding hydrogens is 122 g/mol. The summed E-state index contributed by atoms with van der Waals surface area (Å²) in [5.74, 6) is 0.612. The highest BCUT2D eigenvalue weighted by molar-refractivity contribution is 5.65. The average molecular weight is 138 g/mol. The van der Waals surface area contributed by atoms with E-state index in [9.17, 15) is 0 Å². The van der Waals surface area contributed by atoms with Crippen LogP contribution in [-0.2, 0) is 0 Å². The van der Waals surface area contributed by atoms with Gasteiger partial charge in [-0.3, -0.25) is 0 Å². The summed E-state index contributed by atoms with van der Waals surface area (Å²) in [6, 6.07) is 0. The van der Waals surface area contributed by atoms with Crippen molar-refractivity contribution in [3.63, 3.8) is 0 Å². The van der Waals surface area contributed by atoms with Crippen molar-refractivity contribution in [2.24, 2.45) is 5.92 Å². The molecule has 0 amide bonds. The molecule has 0 aromatic heterocycles. The van der Waals surface area contributed by atoms with Crippen LogP contribution in [-0.4, -0.2) is 17.8 Å². The van der Waals surface area contributed by atoms with Gasteiger partial charge in [0, 0.05) is 0 Å². The van der Waals surface area contributed by atoms with Gasteiger partial charge in [-0.25, -0.2) is 4.58 Å². The molecule has 1 heteroatoms. The largest absolute Gasteiger partial charge is 0.208 e. The van der Waals surface area contributed by atoms with Crippen LogP contribution in [0.15, 0.2) is 24.9 Å². The third-order valence-electron chi connectivity index (χ3n) is 1.05. The predicted octanol–water partition coefficient (Wildman–Crippen LogP) is 2.06. The molecule has 0 spiro atoms. The lowest BCUT2D eigenvalue weighted by atomic mass is 10.2. The highest BCUT2D eigenvalue weighted by Gasteiger charge is 1.87. The molecule has 0 heterocycles. The Bertz CT molecular complexity index is 152. The molecule has 0 fully saturated rings. The van der Waals surface area contributed by atoms with Gasteiger partial charge in [0.2, 0.25) is 0 Å². The van der Waals surface area contributed by atoms with Gasteiger partial charge in [0.1, 0.15) is 7.05 Å². The third kappa shape index (κ3) is 5.29. The summed E-state index contributed by atoms with van der Waals surface area (Å²) in [6.45, 7) is 7.90. The van der Waals surface area contributed by atoms with Crippen molar-refractivity contribution in [3.8, 4) is 0 Å². The molecular formula is C9H16N+. The molecule has 0 aliphatic rings. The van der Waals surface area contributed by atoms with E-state index in [2.05, 4.69) is 26.5 Å². The normalized spacial score (nSPS) is 13.0. The Kier molecular flexibility index (Phi) is 4.55. The van der Waals surface area contributed by atoms with Crippen LogP contribution < -0.4 is 0 Å². The van der Waals surface area contributed by atoms with Crippen LogP contribution in [0.4, 0.5) is 0 Å². The minimum atomic E-state index is 0.612. The molecule has 0 radical (unpaired) electrons. The van der Waals surface area contributed by atoms with E-state index in [1.54, 1.807) is 6.08 Å². The second kappa shape index (κ2) is 4.98. The van der Waals surface area contributed by atoms with E-state index in [0.717, 1.165) is 0 Å². The predicted molar refractivity (Wildman–Crippen MR) is 46.4 cm³/mol. The zero-order valence-corrected chi connectivity index (χ0v) is 7.04. The summed E-state index contributed by atoms with van der Waals surface area (Å²) in [5, 5.41) is 0. The van der Waals surface area contributed by atoms with Crippen LogP contribution in [0, 0.1) is 5.92 Å². The van der Waals surface area contributed by atoms with Crippen LogP contribution in [0.2, 0.25) is 0 Å². The van der Waals surface area contributed by atoms with Gasteiger partial charge in [0.05, 0.1) is 0 Å². The van der Waals surface area contributed by atoms with Crippen molar-refractivity contribution < 1.29 is 4.58 Å². The summed E-state index contributed by atoms with van der Waals surface area (Å²) in [4.78, 5) is 0. The molecule has 56 valence electrons. The molecule has 0 saturated carbocycles. The molecule has 0 bridgehead atoms. The van der Waals surface area contributed by atoms with Crippen molar-refractivity contribution in [1.82, 2.24) is 0 Å². The molecule has 0 aromatic carbocycles. The number of allylic oxidation sites excluding steroid dienone is 2. The topological polar surface area (TPSA) is 3.01 Å². The number of nitrogens with zero attached hydrogens (tertiary/aromatic N) is 1. The van der Waals surface area contributed by atoms with Gasteiger partial charge in [0.25, 0.3) is 0 Å². The van der Waals surface area contributed by atoms with Crippen molar-refractivity contribution in [2.75, 3.05) is 7.05 Å². The minimum Gasteiger partial charge on any atom is -0.208 e. The molecule has 0 aliphatic carbocycles. The quantitative estimate of drug-likeness (QED) is 0.415. The highest BCUT2D eigenvalue weighted by Crippen LogP contribution is 1.91. The van der Waals surface area contributed by atoms with Gasteiger partial charge in [-0.05, 0) is 18.1 Å². The first kappa shape index (κ1) is 9.15. The fourth-order valence-electron chi connectivity index (χ4n) is 0.524. The summed E-state index contributed by atoms with van der Waals surface area (Å²) in [6.07, 6.45) is 7.86. The summed E-state index contributed by atoms with van der Waals surface area (Å²) in [5.41, 5.74) is 0. The molecule has 0 rings (SSSR count). The number of hydrogen-bond donors (Lipinski definition) is 0. The van der Waals surface area contributed by atoms with Gasteiger partial charge in [-0.1, -0.05) is 20.4 Å². The Balaban J connectivity index is 3.88. The van der Waals surface area contributed by atoms with Crippen LogP contribution >= 0.6 is 0 Å². The molecule has 0 aliphatic heterocycles. The van der Waals surface area contributed by atoms with Crippen molar-refractivity contribution in [1.29, 1.82) is 0 Å². The molecule has 0 unspecified atom stereocenters. The maximum atomic E-state index is 3.60. The highest BCUT2D eigenvalue weighted by atomic mass is 14.9. The van der Waals surface area contributed by atoms with E-state index in [-0.39, 0.29) is 0 Å². The van der Waals surface area contributed by atoms with Crippen LogP contribution in [0.5, 0.6) is 0 Å². The van der Waals surface area contributed by atoms with Gasteiger partial charge in [0.15, 0.2) is 12.4 Å².